The number of sulfonamides is 1. The van der Waals surface area contributed by atoms with Crippen molar-refractivity contribution in [3.8, 4) is 0 Å². The quantitative estimate of drug-likeness (QED) is 0.444. The number of benzene rings is 3. The number of hydrogen-bond acceptors (Lipinski definition) is 4. The first-order valence-electron chi connectivity index (χ1n) is 10.4. The summed E-state index contributed by atoms with van der Waals surface area (Å²) in [5, 5.41) is 2.86. The Morgan fingerprint density at radius 1 is 0.938 bits per heavy atom. The molecule has 0 spiro atoms. The van der Waals surface area contributed by atoms with Crippen LogP contribution in [0.3, 0.4) is 0 Å². The van der Waals surface area contributed by atoms with Crippen molar-refractivity contribution in [3.05, 3.63) is 95.6 Å². The van der Waals surface area contributed by atoms with Crippen LogP contribution < -0.4 is 9.62 Å². The van der Waals surface area contributed by atoms with Gasteiger partial charge in [0.1, 0.15) is 6.54 Å². The van der Waals surface area contributed by atoms with Crippen LogP contribution in [0.4, 0.5) is 5.69 Å². The molecule has 0 fully saturated rings. The molecule has 0 unspecified atom stereocenters. The van der Waals surface area contributed by atoms with Crippen molar-refractivity contribution in [2.24, 2.45) is 0 Å². The van der Waals surface area contributed by atoms with Gasteiger partial charge in [-0.05, 0) is 48.7 Å². The van der Waals surface area contributed by atoms with Gasteiger partial charge in [0.05, 0.1) is 10.6 Å². The van der Waals surface area contributed by atoms with Crippen molar-refractivity contribution < 1.29 is 13.2 Å². The summed E-state index contributed by atoms with van der Waals surface area (Å²) in [6.45, 7) is 3.95. The van der Waals surface area contributed by atoms with Crippen LogP contribution >= 0.6 is 11.8 Å². The highest BCUT2D eigenvalue weighted by Gasteiger charge is 2.28. The molecule has 0 aliphatic heterocycles. The average molecular weight is 469 g/mol. The lowest BCUT2D eigenvalue weighted by Gasteiger charge is -2.26. The second-order valence-electron chi connectivity index (χ2n) is 7.50. The number of nitrogens with one attached hydrogen (secondary N) is 1. The van der Waals surface area contributed by atoms with Crippen molar-refractivity contribution in [2.45, 2.75) is 24.5 Å². The first-order valence-corrected chi connectivity index (χ1v) is 13.0. The zero-order chi connectivity index (χ0) is 23.0. The summed E-state index contributed by atoms with van der Waals surface area (Å²) in [6, 6.07) is 24.0. The second kappa shape index (κ2) is 11.2. The topological polar surface area (TPSA) is 66.5 Å². The molecular formula is C25H28N2O3S2. The van der Waals surface area contributed by atoms with Crippen LogP contribution in [-0.2, 0) is 20.6 Å². The summed E-state index contributed by atoms with van der Waals surface area (Å²) in [7, 11) is -3.89. The maximum absolute atomic E-state index is 13.4. The minimum Gasteiger partial charge on any atom is -0.354 e. The van der Waals surface area contributed by atoms with Crippen molar-refractivity contribution in [2.75, 3.05) is 23.1 Å². The molecule has 5 nitrogen and oxygen atoms in total. The lowest BCUT2D eigenvalue weighted by Crippen LogP contribution is -2.41. The summed E-state index contributed by atoms with van der Waals surface area (Å²) in [5.41, 5.74) is 3.47. The molecule has 0 atom stereocenters. The molecule has 3 aromatic rings. The molecule has 0 aromatic heterocycles. The summed E-state index contributed by atoms with van der Waals surface area (Å²) < 4.78 is 28.0. The Kier molecular flexibility index (Phi) is 8.36. The number of anilines is 1. The van der Waals surface area contributed by atoms with E-state index in [1.165, 1.54) is 9.87 Å². The van der Waals surface area contributed by atoms with Gasteiger partial charge in [-0.1, -0.05) is 60.7 Å². The first kappa shape index (κ1) is 23.9. The molecule has 0 aliphatic carbocycles. The number of carbonyl (C=O) groups is 1. The van der Waals surface area contributed by atoms with Gasteiger partial charge < -0.3 is 5.32 Å². The second-order valence-corrected chi connectivity index (χ2v) is 10.5. The van der Waals surface area contributed by atoms with E-state index in [2.05, 4.69) is 17.4 Å². The first-order chi connectivity index (χ1) is 15.4. The number of nitrogens with zero attached hydrogens (tertiary/aromatic N) is 1. The van der Waals surface area contributed by atoms with Gasteiger partial charge in [0.2, 0.25) is 5.91 Å². The molecule has 3 rings (SSSR count). The Labute approximate surface area is 194 Å². The molecule has 0 saturated heterocycles. The Bertz CT molecular complexity index is 1130. The van der Waals surface area contributed by atoms with Gasteiger partial charge in [-0.3, -0.25) is 9.10 Å². The maximum atomic E-state index is 13.4. The van der Waals surface area contributed by atoms with Crippen LogP contribution in [0.1, 0.15) is 16.7 Å². The van der Waals surface area contributed by atoms with E-state index >= 15 is 0 Å². The number of carbonyl (C=O) groups excluding carboxylic acids is 1. The highest BCUT2D eigenvalue weighted by Crippen LogP contribution is 2.27. The fourth-order valence-corrected chi connectivity index (χ4v) is 5.54. The molecule has 0 radical (unpaired) electrons. The zero-order valence-electron chi connectivity index (χ0n) is 18.3. The Balaban J connectivity index is 1.69. The summed E-state index contributed by atoms with van der Waals surface area (Å²) >= 11 is 1.72. The van der Waals surface area contributed by atoms with Gasteiger partial charge in [0.25, 0.3) is 10.0 Å². The van der Waals surface area contributed by atoms with Crippen LogP contribution in [0, 0.1) is 13.8 Å². The molecule has 0 bridgehead atoms. The van der Waals surface area contributed by atoms with E-state index < -0.39 is 10.0 Å². The SMILES string of the molecule is Cc1ccc(C)c(N(CC(=O)NCCSCc2ccccc2)S(=O)(=O)c2ccccc2)c1. The normalized spacial score (nSPS) is 11.2. The third-order valence-electron chi connectivity index (χ3n) is 4.93. The molecular weight excluding hydrogens is 440 g/mol. The van der Waals surface area contributed by atoms with E-state index in [-0.39, 0.29) is 17.3 Å². The highest BCUT2D eigenvalue weighted by atomic mass is 32.2. The van der Waals surface area contributed by atoms with Gasteiger partial charge in [0, 0.05) is 18.1 Å². The predicted octanol–water partition coefficient (Wildman–Crippen LogP) is 4.55. The number of hydrogen-bond donors (Lipinski definition) is 1. The van der Waals surface area contributed by atoms with E-state index in [0.717, 1.165) is 22.6 Å². The average Bonchev–Trinajstić information content (AvgIpc) is 2.80. The minimum atomic E-state index is -3.89. The van der Waals surface area contributed by atoms with Crippen molar-refractivity contribution >= 4 is 33.4 Å². The maximum Gasteiger partial charge on any atom is 0.264 e. The molecule has 0 heterocycles. The molecule has 168 valence electrons. The minimum absolute atomic E-state index is 0.159. The molecule has 1 amide bonds. The van der Waals surface area contributed by atoms with E-state index in [1.54, 1.807) is 48.2 Å². The third-order valence-corrected chi connectivity index (χ3v) is 7.74. The number of amides is 1. The lowest BCUT2D eigenvalue weighted by molar-refractivity contribution is -0.119. The Morgan fingerprint density at radius 2 is 1.59 bits per heavy atom. The molecule has 3 aromatic carbocycles. The lowest BCUT2D eigenvalue weighted by atomic mass is 10.1. The molecule has 7 heteroatoms. The Hall–Kier alpha value is -2.77. The zero-order valence-corrected chi connectivity index (χ0v) is 20.0. The fraction of sp³-hybridized carbons (Fsp3) is 0.240. The van der Waals surface area contributed by atoms with Gasteiger partial charge in [-0.2, -0.15) is 11.8 Å². The van der Waals surface area contributed by atoms with Gasteiger partial charge in [-0.25, -0.2) is 8.42 Å². The van der Waals surface area contributed by atoms with Crippen LogP contribution in [-0.4, -0.2) is 33.2 Å². The van der Waals surface area contributed by atoms with E-state index in [0.29, 0.717) is 12.2 Å². The van der Waals surface area contributed by atoms with Crippen molar-refractivity contribution in [1.82, 2.24) is 5.32 Å². The molecule has 0 aliphatic rings. The van der Waals surface area contributed by atoms with Crippen LogP contribution in [0.2, 0.25) is 0 Å². The monoisotopic (exact) mass is 468 g/mol. The number of thioether (sulfide) groups is 1. The standard InChI is InChI=1S/C25H28N2O3S2/c1-20-13-14-21(2)24(17-20)27(32(29,30)23-11-7-4-8-12-23)18-25(28)26-15-16-31-19-22-9-5-3-6-10-22/h3-14,17H,15-16,18-19H2,1-2H3,(H,26,28). The summed E-state index contributed by atoms with van der Waals surface area (Å²) in [6.07, 6.45) is 0. The molecule has 0 saturated carbocycles. The van der Waals surface area contributed by atoms with Gasteiger partial charge in [0.15, 0.2) is 0 Å². The van der Waals surface area contributed by atoms with Gasteiger partial charge >= 0.3 is 0 Å². The summed E-state index contributed by atoms with van der Waals surface area (Å²) in [4.78, 5) is 12.9. The van der Waals surface area contributed by atoms with Crippen LogP contribution in [0.15, 0.2) is 83.8 Å². The summed E-state index contributed by atoms with van der Waals surface area (Å²) in [5.74, 6) is 1.29. The van der Waals surface area contributed by atoms with Crippen LogP contribution in [0.5, 0.6) is 0 Å². The van der Waals surface area contributed by atoms with Crippen LogP contribution in [0.25, 0.3) is 0 Å². The van der Waals surface area contributed by atoms with Crippen molar-refractivity contribution in [3.63, 3.8) is 0 Å². The third kappa shape index (κ3) is 6.37. The van der Waals surface area contributed by atoms with E-state index in [1.807, 2.05) is 44.2 Å². The molecule has 32 heavy (non-hydrogen) atoms. The predicted molar refractivity (Wildman–Crippen MR) is 133 cm³/mol. The largest absolute Gasteiger partial charge is 0.354 e. The fourth-order valence-electron chi connectivity index (χ4n) is 3.22. The number of rotatable bonds is 10. The molecule has 1 N–H and O–H groups in total. The van der Waals surface area contributed by atoms with Gasteiger partial charge in [-0.15, -0.1) is 0 Å². The Morgan fingerprint density at radius 3 is 2.28 bits per heavy atom. The highest BCUT2D eigenvalue weighted by molar-refractivity contribution is 7.98. The van der Waals surface area contributed by atoms with E-state index in [9.17, 15) is 13.2 Å². The van der Waals surface area contributed by atoms with Crippen molar-refractivity contribution in [1.29, 1.82) is 0 Å². The number of aryl methyl sites for hydroxylation is 2. The van der Waals surface area contributed by atoms with E-state index in [4.69, 9.17) is 0 Å². The smallest absolute Gasteiger partial charge is 0.264 e.